The van der Waals surface area contributed by atoms with Crippen LogP contribution in [-0.2, 0) is 4.79 Å². The minimum atomic E-state index is -0.0375. The van der Waals surface area contributed by atoms with Gasteiger partial charge in [0.2, 0.25) is 0 Å². The van der Waals surface area contributed by atoms with Gasteiger partial charge in [0.15, 0.2) is 0 Å². The van der Waals surface area contributed by atoms with E-state index in [0.717, 1.165) is 9.13 Å². The molecule has 1 amide bonds. The number of rotatable bonds is 3. The van der Waals surface area contributed by atoms with Gasteiger partial charge >= 0.3 is 0 Å². The molecule has 5 heteroatoms. The van der Waals surface area contributed by atoms with Gasteiger partial charge in [0, 0.05) is 10.1 Å². The predicted octanol–water partition coefficient (Wildman–Crippen LogP) is 3.68. The molecule has 1 aromatic carbocycles. The van der Waals surface area contributed by atoms with Gasteiger partial charge in [-0.3, -0.25) is 9.69 Å². The summed E-state index contributed by atoms with van der Waals surface area (Å²) in [7, 11) is 0. The Bertz CT molecular complexity index is 554. The lowest BCUT2D eigenvalue weighted by atomic mass is 10.2. The molecule has 1 aliphatic heterocycles. The SMILES string of the molecule is C=CCN1C(=O)/C(=C\c2ccccc2I)SC1=S. The topological polar surface area (TPSA) is 20.3 Å². The molecule has 1 aliphatic rings. The molecule has 18 heavy (non-hydrogen) atoms. The van der Waals surface area contributed by atoms with Gasteiger partial charge < -0.3 is 0 Å². The first-order chi connectivity index (χ1) is 8.63. The van der Waals surface area contributed by atoms with E-state index >= 15 is 0 Å². The molecule has 0 aromatic heterocycles. The molecule has 0 unspecified atom stereocenters. The zero-order valence-electron chi connectivity index (χ0n) is 9.43. The second-order valence-electron chi connectivity index (χ2n) is 3.60. The van der Waals surface area contributed by atoms with Crippen molar-refractivity contribution in [1.82, 2.24) is 4.90 Å². The quantitative estimate of drug-likeness (QED) is 0.342. The number of thioether (sulfide) groups is 1. The number of hydrogen-bond donors (Lipinski definition) is 0. The number of amides is 1. The Labute approximate surface area is 129 Å². The molecular formula is C13H10INOS2. The largest absolute Gasteiger partial charge is 0.289 e. The van der Waals surface area contributed by atoms with E-state index in [2.05, 4.69) is 29.2 Å². The van der Waals surface area contributed by atoms with Crippen molar-refractivity contribution in [3.8, 4) is 0 Å². The van der Waals surface area contributed by atoms with Gasteiger partial charge in [-0.25, -0.2) is 0 Å². The standard InChI is InChI=1S/C13H10INOS2/c1-2-7-15-12(16)11(18-13(15)17)8-9-5-3-4-6-10(9)14/h2-6,8H,1,7H2/b11-8+. The number of carbonyl (C=O) groups excluding carboxylic acids is 1. The van der Waals surface area contributed by atoms with Gasteiger partial charge in [-0.15, -0.1) is 6.58 Å². The first kappa shape index (κ1) is 13.8. The van der Waals surface area contributed by atoms with Crippen LogP contribution in [0.3, 0.4) is 0 Å². The molecule has 0 atom stereocenters. The molecule has 2 nitrogen and oxygen atoms in total. The molecule has 2 rings (SSSR count). The van der Waals surface area contributed by atoms with Crippen LogP contribution in [0, 0.1) is 3.57 Å². The summed E-state index contributed by atoms with van der Waals surface area (Å²) in [4.78, 5) is 14.4. The lowest BCUT2D eigenvalue weighted by Crippen LogP contribution is -2.27. The number of benzene rings is 1. The molecule has 1 saturated heterocycles. The molecule has 0 aliphatic carbocycles. The molecular weight excluding hydrogens is 377 g/mol. The molecule has 0 N–H and O–H groups in total. The van der Waals surface area contributed by atoms with Gasteiger partial charge in [-0.1, -0.05) is 48.3 Å². The van der Waals surface area contributed by atoms with Gasteiger partial charge in [0.1, 0.15) is 4.32 Å². The zero-order valence-corrected chi connectivity index (χ0v) is 13.2. The predicted molar refractivity (Wildman–Crippen MR) is 89.2 cm³/mol. The molecule has 0 saturated carbocycles. The molecule has 1 fully saturated rings. The Morgan fingerprint density at radius 2 is 2.17 bits per heavy atom. The fourth-order valence-corrected chi connectivity index (χ4v) is 3.33. The van der Waals surface area contributed by atoms with Crippen molar-refractivity contribution in [2.75, 3.05) is 6.54 Å². The Balaban J connectivity index is 2.31. The highest BCUT2D eigenvalue weighted by molar-refractivity contribution is 14.1. The van der Waals surface area contributed by atoms with Crippen LogP contribution < -0.4 is 0 Å². The number of nitrogens with zero attached hydrogens (tertiary/aromatic N) is 1. The molecule has 92 valence electrons. The lowest BCUT2D eigenvalue weighted by Gasteiger charge is -2.10. The summed E-state index contributed by atoms with van der Waals surface area (Å²) < 4.78 is 1.71. The average Bonchev–Trinajstić information content (AvgIpc) is 2.60. The Morgan fingerprint density at radius 3 is 2.83 bits per heavy atom. The summed E-state index contributed by atoms with van der Waals surface area (Å²) in [5.74, 6) is -0.0375. The van der Waals surface area contributed by atoms with Crippen molar-refractivity contribution in [2.45, 2.75) is 0 Å². The highest BCUT2D eigenvalue weighted by atomic mass is 127. The Kier molecular flexibility index (Phi) is 4.58. The van der Waals surface area contributed by atoms with Crippen LogP contribution in [0.25, 0.3) is 6.08 Å². The minimum absolute atomic E-state index is 0.0375. The van der Waals surface area contributed by atoms with Crippen LogP contribution in [0.2, 0.25) is 0 Å². The normalized spacial score (nSPS) is 17.6. The average molecular weight is 387 g/mol. The number of halogens is 1. The van der Waals surface area contributed by atoms with Gasteiger partial charge in [-0.2, -0.15) is 0 Å². The summed E-state index contributed by atoms with van der Waals surface area (Å²) in [5.41, 5.74) is 1.04. The van der Waals surface area contributed by atoms with Crippen molar-refractivity contribution < 1.29 is 4.79 Å². The van der Waals surface area contributed by atoms with E-state index in [-0.39, 0.29) is 5.91 Å². The number of hydrogen-bond acceptors (Lipinski definition) is 3. The second-order valence-corrected chi connectivity index (χ2v) is 6.44. The van der Waals surface area contributed by atoms with E-state index in [1.165, 1.54) is 11.8 Å². The van der Waals surface area contributed by atoms with Crippen LogP contribution >= 0.6 is 46.6 Å². The van der Waals surface area contributed by atoms with Crippen LogP contribution in [0.5, 0.6) is 0 Å². The van der Waals surface area contributed by atoms with E-state index in [1.54, 1.807) is 11.0 Å². The van der Waals surface area contributed by atoms with Crippen LogP contribution in [-0.4, -0.2) is 21.7 Å². The third kappa shape index (κ3) is 2.84. The van der Waals surface area contributed by atoms with E-state index in [9.17, 15) is 4.79 Å². The first-order valence-electron chi connectivity index (χ1n) is 5.24. The van der Waals surface area contributed by atoms with Gasteiger partial charge in [0.25, 0.3) is 5.91 Å². The molecule has 1 heterocycles. The third-order valence-corrected chi connectivity index (χ3v) is 4.74. The van der Waals surface area contributed by atoms with E-state index < -0.39 is 0 Å². The summed E-state index contributed by atoms with van der Waals surface area (Å²) in [6.07, 6.45) is 3.57. The lowest BCUT2D eigenvalue weighted by molar-refractivity contribution is -0.121. The van der Waals surface area contributed by atoms with Gasteiger partial charge in [-0.05, 0) is 40.3 Å². The van der Waals surface area contributed by atoms with Crippen molar-refractivity contribution in [1.29, 1.82) is 0 Å². The van der Waals surface area contributed by atoms with Gasteiger partial charge in [0.05, 0.1) is 4.91 Å². The second kappa shape index (κ2) is 5.99. The molecule has 0 spiro atoms. The molecule has 1 aromatic rings. The van der Waals surface area contributed by atoms with Crippen LogP contribution in [0.15, 0.2) is 41.8 Å². The maximum atomic E-state index is 12.1. The Hall–Kier alpha value is -0.660. The Morgan fingerprint density at radius 1 is 1.44 bits per heavy atom. The number of carbonyl (C=O) groups is 1. The fourth-order valence-electron chi connectivity index (χ4n) is 1.52. The highest BCUT2D eigenvalue weighted by Gasteiger charge is 2.30. The smallest absolute Gasteiger partial charge is 0.266 e. The highest BCUT2D eigenvalue weighted by Crippen LogP contribution is 2.32. The maximum Gasteiger partial charge on any atom is 0.266 e. The maximum absolute atomic E-state index is 12.1. The minimum Gasteiger partial charge on any atom is -0.289 e. The summed E-state index contributed by atoms with van der Waals surface area (Å²) >= 11 is 8.78. The van der Waals surface area contributed by atoms with Crippen molar-refractivity contribution in [2.24, 2.45) is 0 Å². The van der Waals surface area contributed by atoms with Crippen molar-refractivity contribution in [3.05, 3.63) is 51.0 Å². The zero-order chi connectivity index (χ0) is 13.1. The first-order valence-corrected chi connectivity index (χ1v) is 7.54. The number of thiocarbonyl (C=S) groups is 1. The molecule has 0 bridgehead atoms. The summed E-state index contributed by atoms with van der Waals surface area (Å²) in [6.45, 7) is 4.10. The molecule has 0 radical (unpaired) electrons. The fraction of sp³-hybridized carbons (Fsp3) is 0.0769. The van der Waals surface area contributed by atoms with E-state index in [0.29, 0.717) is 15.8 Å². The van der Waals surface area contributed by atoms with E-state index in [4.69, 9.17) is 12.2 Å². The monoisotopic (exact) mass is 387 g/mol. The third-order valence-electron chi connectivity index (χ3n) is 2.38. The summed E-state index contributed by atoms with van der Waals surface area (Å²) in [6, 6.07) is 7.93. The summed E-state index contributed by atoms with van der Waals surface area (Å²) in [5, 5.41) is 0. The van der Waals surface area contributed by atoms with E-state index in [1.807, 2.05) is 30.3 Å². The van der Waals surface area contributed by atoms with Crippen LogP contribution in [0.4, 0.5) is 0 Å². The van der Waals surface area contributed by atoms with Crippen LogP contribution in [0.1, 0.15) is 5.56 Å². The van der Waals surface area contributed by atoms with Crippen molar-refractivity contribution in [3.63, 3.8) is 0 Å². The van der Waals surface area contributed by atoms with Crippen molar-refractivity contribution >= 4 is 62.9 Å².